The van der Waals surface area contributed by atoms with Crippen LogP contribution in [0.5, 0.6) is 0 Å². The first-order valence-corrected chi connectivity index (χ1v) is 5.18. The lowest BCUT2D eigenvalue weighted by atomic mass is 10.4. The van der Waals surface area contributed by atoms with Gasteiger partial charge in [-0.1, -0.05) is 0 Å². The minimum absolute atomic E-state index is 0.0979. The smallest absolute Gasteiger partial charge is 0.320 e. The Labute approximate surface area is 97.5 Å². The van der Waals surface area contributed by atoms with Crippen molar-refractivity contribution in [1.29, 1.82) is 0 Å². The Balaban J connectivity index is 2.11. The highest BCUT2D eigenvalue weighted by Gasteiger charge is 2.05. The van der Waals surface area contributed by atoms with Crippen LogP contribution in [-0.2, 0) is 0 Å². The topological polar surface area (TPSA) is 91.5 Å². The summed E-state index contributed by atoms with van der Waals surface area (Å²) in [5.74, 6) is 0.415. The van der Waals surface area contributed by atoms with Crippen molar-refractivity contribution in [2.75, 3.05) is 18.5 Å². The van der Waals surface area contributed by atoms with Crippen LogP contribution in [0.25, 0.3) is 5.65 Å². The zero-order valence-corrected chi connectivity index (χ0v) is 9.34. The largest absolute Gasteiger partial charge is 0.395 e. The van der Waals surface area contributed by atoms with Gasteiger partial charge in [0.1, 0.15) is 0 Å². The monoisotopic (exact) mass is 235 g/mol. The van der Waals surface area contributed by atoms with E-state index in [1.54, 1.807) is 10.7 Å². The average Bonchev–Trinajstić information content (AvgIpc) is 2.67. The first-order chi connectivity index (χ1) is 8.19. The summed E-state index contributed by atoms with van der Waals surface area (Å²) in [7, 11) is 0. The third-order valence-corrected chi connectivity index (χ3v) is 2.09. The number of urea groups is 1. The SMILES string of the molecule is Cc1ccc2nc(NC(=O)NCCO)cn2n1. The van der Waals surface area contributed by atoms with Gasteiger partial charge < -0.3 is 10.4 Å². The summed E-state index contributed by atoms with van der Waals surface area (Å²) in [6.07, 6.45) is 1.63. The number of nitrogens with zero attached hydrogens (tertiary/aromatic N) is 3. The number of aryl methyl sites for hydroxylation is 1. The number of imidazole rings is 1. The predicted octanol–water partition coefficient (Wildman–Crippen LogP) is 0.152. The van der Waals surface area contributed by atoms with E-state index in [1.165, 1.54) is 0 Å². The van der Waals surface area contributed by atoms with E-state index < -0.39 is 6.03 Å². The number of hydrogen-bond acceptors (Lipinski definition) is 4. The summed E-state index contributed by atoms with van der Waals surface area (Å²) < 4.78 is 1.59. The van der Waals surface area contributed by atoms with Crippen LogP contribution < -0.4 is 10.6 Å². The number of anilines is 1. The molecule has 7 heteroatoms. The van der Waals surface area contributed by atoms with Gasteiger partial charge in [0.15, 0.2) is 11.5 Å². The molecule has 0 saturated carbocycles. The van der Waals surface area contributed by atoms with Gasteiger partial charge in [0.05, 0.1) is 18.5 Å². The zero-order valence-electron chi connectivity index (χ0n) is 9.34. The highest BCUT2D eigenvalue weighted by molar-refractivity contribution is 5.88. The highest BCUT2D eigenvalue weighted by Crippen LogP contribution is 2.08. The molecule has 0 atom stereocenters. The molecule has 0 saturated heterocycles. The van der Waals surface area contributed by atoms with E-state index >= 15 is 0 Å². The fourth-order valence-electron chi connectivity index (χ4n) is 1.37. The van der Waals surface area contributed by atoms with Crippen molar-refractivity contribution in [3.05, 3.63) is 24.0 Å². The number of aliphatic hydroxyl groups is 1. The van der Waals surface area contributed by atoms with Crippen molar-refractivity contribution >= 4 is 17.5 Å². The Morgan fingerprint density at radius 1 is 1.53 bits per heavy atom. The third-order valence-electron chi connectivity index (χ3n) is 2.09. The van der Waals surface area contributed by atoms with Gasteiger partial charge in [0, 0.05) is 6.54 Å². The summed E-state index contributed by atoms with van der Waals surface area (Å²) in [5.41, 5.74) is 1.53. The molecule has 2 aromatic rings. The van der Waals surface area contributed by atoms with Gasteiger partial charge >= 0.3 is 6.03 Å². The standard InChI is InChI=1S/C10H13N5O2/c1-7-2-3-9-12-8(6-15(9)14-7)13-10(17)11-4-5-16/h2-3,6,16H,4-5H2,1H3,(H2,11,13,17). The summed E-state index contributed by atoms with van der Waals surface area (Å²) in [4.78, 5) is 15.5. The number of fused-ring (bicyclic) bond motifs is 1. The lowest BCUT2D eigenvalue weighted by Gasteiger charge is -2.02. The molecule has 2 heterocycles. The van der Waals surface area contributed by atoms with Gasteiger partial charge in [0.25, 0.3) is 0 Å². The number of carbonyl (C=O) groups is 1. The van der Waals surface area contributed by atoms with E-state index in [1.807, 2.05) is 19.1 Å². The van der Waals surface area contributed by atoms with Gasteiger partial charge in [-0.05, 0) is 19.1 Å². The van der Waals surface area contributed by atoms with Crippen LogP contribution in [0.3, 0.4) is 0 Å². The van der Waals surface area contributed by atoms with E-state index in [4.69, 9.17) is 5.11 Å². The number of aromatic nitrogens is 3. The predicted molar refractivity (Wildman–Crippen MR) is 61.8 cm³/mol. The van der Waals surface area contributed by atoms with Crippen molar-refractivity contribution < 1.29 is 9.90 Å². The average molecular weight is 235 g/mol. The lowest BCUT2D eigenvalue weighted by Crippen LogP contribution is -2.31. The van der Waals surface area contributed by atoms with Crippen LogP contribution in [0.4, 0.5) is 10.6 Å². The second-order valence-electron chi connectivity index (χ2n) is 3.51. The van der Waals surface area contributed by atoms with Crippen LogP contribution in [0.2, 0.25) is 0 Å². The van der Waals surface area contributed by atoms with Gasteiger partial charge in [-0.15, -0.1) is 0 Å². The molecule has 0 unspecified atom stereocenters. The van der Waals surface area contributed by atoms with Gasteiger partial charge in [0.2, 0.25) is 0 Å². The Kier molecular flexibility index (Phi) is 3.20. The fraction of sp³-hybridized carbons (Fsp3) is 0.300. The number of carbonyl (C=O) groups excluding carboxylic acids is 1. The minimum Gasteiger partial charge on any atom is -0.395 e. The third kappa shape index (κ3) is 2.70. The van der Waals surface area contributed by atoms with Crippen LogP contribution >= 0.6 is 0 Å². The highest BCUT2D eigenvalue weighted by atomic mass is 16.3. The zero-order chi connectivity index (χ0) is 12.3. The van der Waals surface area contributed by atoms with E-state index in [2.05, 4.69) is 20.7 Å². The van der Waals surface area contributed by atoms with Gasteiger partial charge in [-0.2, -0.15) is 5.10 Å². The maximum absolute atomic E-state index is 11.3. The van der Waals surface area contributed by atoms with Crippen molar-refractivity contribution in [3.8, 4) is 0 Å². The molecule has 2 amide bonds. The van der Waals surface area contributed by atoms with E-state index in [-0.39, 0.29) is 13.2 Å². The summed E-state index contributed by atoms with van der Waals surface area (Å²) in [5, 5.41) is 17.8. The Hall–Kier alpha value is -2.15. The Morgan fingerprint density at radius 2 is 2.35 bits per heavy atom. The van der Waals surface area contributed by atoms with Crippen molar-refractivity contribution in [2.24, 2.45) is 0 Å². The number of amides is 2. The molecule has 2 rings (SSSR count). The lowest BCUT2D eigenvalue weighted by molar-refractivity contribution is 0.244. The van der Waals surface area contributed by atoms with Gasteiger partial charge in [-0.3, -0.25) is 5.32 Å². The van der Waals surface area contributed by atoms with Crippen molar-refractivity contribution in [2.45, 2.75) is 6.92 Å². The molecule has 3 N–H and O–H groups in total. The van der Waals surface area contributed by atoms with Crippen LogP contribution in [0.15, 0.2) is 18.3 Å². The molecule has 0 aliphatic rings. The first-order valence-electron chi connectivity index (χ1n) is 5.18. The van der Waals surface area contributed by atoms with E-state index in [0.717, 1.165) is 5.69 Å². The molecule has 0 fully saturated rings. The fourth-order valence-corrected chi connectivity index (χ4v) is 1.37. The minimum atomic E-state index is -0.404. The summed E-state index contributed by atoms with van der Waals surface area (Å²) in [6.45, 7) is 1.98. The molecule has 7 nitrogen and oxygen atoms in total. The first kappa shape index (κ1) is 11.3. The van der Waals surface area contributed by atoms with Gasteiger partial charge in [-0.25, -0.2) is 14.3 Å². The quantitative estimate of drug-likeness (QED) is 0.706. The van der Waals surface area contributed by atoms with Crippen LogP contribution in [0, 0.1) is 6.92 Å². The number of rotatable bonds is 3. The molecule has 0 aliphatic carbocycles. The second-order valence-corrected chi connectivity index (χ2v) is 3.51. The van der Waals surface area contributed by atoms with Crippen molar-refractivity contribution in [1.82, 2.24) is 19.9 Å². The molecular weight excluding hydrogens is 222 g/mol. The Morgan fingerprint density at radius 3 is 3.12 bits per heavy atom. The maximum Gasteiger partial charge on any atom is 0.320 e. The molecule has 0 spiro atoms. The second kappa shape index (κ2) is 4.79. The number of hydrogen-bond donors (Lipinski definition) is 3. The maximum atomic E-state index is 11.3. The summed E-state index contributed by atoms with van der Waals surface area (Å²) >= 11 is 0. The summed E-state index contributed by atoms with van der Waals surface area (Å²) in [6, 6.07) is 3.26. The van der Waals surface area contributed by atoms with E-state index in [9.17, 15) is 4.79 Å². The normalized spacial score (nSPS) is 10.5. The molecule has 0 aliphatic heterocycles. The van der Waals surface area contributed by atoms with Crippen LogP contribution in [0.1, 0.15) is 5.69 Å². The molecule has 0 aromatic carbocycles. The molecule has 90 valence electrons. The molecule has 0 bridgehead atoms. The van der Waals surface area contributed by atoms with Crippen LogP contribution in [-0.4, -0.2) is 38.9 Å². The number of aliphatic hydroxyl groups excluding tert-OH is 1. The molecule has 0 radical (unpaired) electrons. The van der Waals surface area contributed by atoms with Crippen molar-refractivity contribution in [3.63, 3.8) is 0 Å². The number of nitrogens with one attached hydrogen (secondary N) is 2. The molecule has 17 heavy (non-hydrogen) atoms. The van der Waals surface area contributed by atoms with E-state index in [0.29, 0.717) is 11.5 Å². The molecule has 2 aromatic heterocycles. The molecular formula is C10H13N5O2. The Bertz CT molecular complexity index is 536.